The van der Waals surface area contributed by atoms with Crippen LogP contribution in [0.15, 0.2) is 24.3 Å². The molecule has 19 heavy (non-hydrogen) atoms. The van der Waals surface area contributed by atoms with Crippen LogP contribution in [0.25, 0.3) is 0 Å². The summed E-state index contributed by atoms with van der Waals surface area (Å²) in [6.45, 7) is 3.02. The van der Waals surface area contributed by atoms with E-state index >= 15 is 0 Å². The average molecular weight is 261 g/mol. The molecule has 102 valence electrons. The van der Waals surface area contributed by atoms with Crippen molar-refractivity contribution < 1.29 is 14.9 Å². The molecule has 1 fully saturated rings. The molecule has 2 rings (SSSR count). The summed E-state index contributed by atoms with van der Waals surface area (Å²) in [4.78, 5) is 2.20. The van der Waals surface area contributed by atoms with E-state index in [9.17, 15) is 5.11 Å². The molecule has 1 aromatic rings. The van der Waals surface area contributed by atoms with Gasteiger partial charge in [0.2, 0.25) is 0 Å². The molecule has 0 amide bonds. The van der Waals surface area contributed by atoms with Crippen molar-refractivity contribution in [2.24, 2.45) is 0 Å². The van der Waals surface area contributed by atoms with Crippen LogP contribution in [0.3, 0.4) is 0 Å². The molecule has 0 radical (unpaired) electrons. The van der Waals surface area contributed by atoms with Gasteiger partial charge in [-0.05, 0) is 30.7 Å². The maximum atomic E-state index is 9.40. The SMILES string of the molecule is OCC#Cc1ccc(OCCN2CCC(O)C2)cc1. The molecular weight excluding hydrogens is 242 g/mol. The molecule has 0 saturated carbocycles. The Morgan fingerprint density at radius 2 is 2.11 bits per heavy atom. The third kappa shape index (κ3) is 4.56. The van der Waals surface area contributed by atoms with Gasteiger partial charge in [-0.15, -0.1) is 0 Å². The highest BCUT2D eigenvalue weighted by Crippen LogP contribution is 2.12. The summed E-state index contributed by atoms with van der Waals surface area (Å²) in [5, 5.41) is 18.0. The van der Waals surface area contributed by atoms with E-state index in [2.05, 4.69) is 16.7 Å². The van der Waals surface area contributed by atoms with E-state index in [4.69, 9.17) is 9.84 Å². The molecule has 4 nitrogen and oxygen atoms in total. The van der Waals surface area contributed by atoms with Crippen molar-refractivity contribution in [3.8, 4) is 17.6 Å². The summed E-state index contributed by atoms with van der Waals surface area (Å²) in [6, 6.07) is 7.50. The van der Waals surface area contributed by atoms with E-state index in [-0.39, 0.29) is 12.7 Å². The molecule has 0 aliphatic carbocycles. The fraction of sp³-hybridized carbons (Fsp3) is 0.467. The quantitative estimate of drug-likeness (QED) is 0.774. The van der Waals surface area contributed by atoms with E-state index < -0.39 is 0 Å². The lowest BCUT2D eigenvalue weighted by molar-refractivity contribution is 0.167. The van der Waals surface area contributed by atoms with E-state index in [1.807, 2.05) is 24.3 Å². The van der Waals surface area contributed by atoms with Crippen molar-refractivity contribution in [3.63, 3.8) is 0 Å². The third-order valence-electron chi connectivity index (χ3n) is 3.09. The summed E-state index contributed by atoms with van der Waals surface area (Å²) in [5.41, 5.74) is 0.865. The van der Waals surface area contributed by atoms with Crippen LogP contribution >= 0.6 is 0 Å². The number of benzene rings is 1. The van der Waals surface area contributed by atoms with Gasteiger partial charge in [-0.2, -0.15) is 0 Å². The number of β-amino-alcohol motifs (C(OH)–C–C–N with tert-alkyl or cyclic N) is 1. The summed E-state index contributed by atoms with van der Waals surface area (Å²) in [6.07, 6.45) is 0.683. The molecule has 2 N–H and O–H groups in total. The number of rotatable bonds is 4. The highest BCUT2D eigenvalue weighted by Gasteiger charge is 2.19. The standard InChI is InChI=1S/C15H19NO3/c17-10-1-2-13-3-5-15(6-4-13)19-11-9-16-8-7-14(18)12-16/h3-6,14,17-18H,7-12H2. The van der Waals surface area contributed by atoms with Gasteiger partial charge in [-0.25, -0.2) is 0 Å². The Bertz CT molecular complexity index is 447. The fourth-order valence-electron chi connectivity index (χ4n) is 2.08. The number of ether oxygens (including phenoxy) is 1. The molecule has 0 spiro atoms. The minimum absolute atomic E-state index is 0.125. The van der Waals surface area contributed by atoms with Crippen LogP contribution in [-0.2, 0) is 0 Å². The van der Waals surface area contributed by atoms with Gasteiger partial charge in [0.15, 0.2) is 0 Å². The number of nitrogens with zero attached hydrogens (tertiary/aromatic N) is 1. The lowest BCUT2D eigenvalue weighted by atomic mass is 10.2. The Kier molecular flexibility index (Phi) is 5.22. The lowest BCUT2D eigenvalue weighted by Gasteiger charge is -2.15. The van der Waals surface area contributed by atoms with Crippen LogP contribution in [0, 0.1) is 11.8 Å². The zero-order valence-corrected chi connectivity index (χ0v) is 10.9. The normalized spacial score (nSPS) is 18.9. The van der Waals surface area contributed by atoms with E-state index in [0.717, 1.165) is 37.4 Å². The van der Waals surface area contributed by atoms with Gasteiger partial charge in [-0.1, -0.05) is 11.8 Å². The maximum absolute atomic E-state index is 9.40. The van der Waals surface area contributed by atoms with Gasteiger partial charge in [-0.3, -0.25) is 4.90 Å². The molecule has 1 aliphatic heterocycles. The Morgan fingerprint density at radius 1 is 1.32 bits per heavy atom. The molecule has 1 unspecified atom stereocenters. The molecular formula is C15H19NO3. The topological polar surface area (TPSA) is 52.9 Å². The van der Waals surface area contributed by atoms with Crippen molar-refractivity contribution in [2.45, 2.75) is 12.5 Å². The molecule has 1 aromatic carbocycles. The minimum Gasteiger partial charge on any atom is -0.492 e. The maximum Gasteiger partial charge on any atom is 0.119 e. The summed E-state index contributed by atoms with van der Waals surface area (Å²) in [7, 11) is 0. The van der Waals surface area contributed by atoms with Gasteiger partial charge < -0.3 is 14.9 Å². The second-order valence-corrected chi connectivity index (χ2v) is 4.58. The highest BCUT2D eigenvalue weighted by molar-refractivity contribution is 5.38. The highest BCUT2D eigenvalue weighted by atomic mass is 16.5. The van der Waals surface area contributed by atoms with E-state index in [1.54, 1.807) is 0 Å². The molecule has 1 saturated heterocycles. The van der Waals surface area contributed by atoms with Gasteiger partial charge in [0.1, 0.15) is 19.0 Å². The summed E-state index contributed by atoms with van der Waals surface area (Å²) >= 11 is 0. The monoisotopic (exact) mass is 261 g/mol. The predicted octanol–water partition coefficient (Wildman–Crippen LogP) is 0.476. The van der Waals surface area contributed by atoms with E-state index in [1.165, 1.54) is 0 Å². The third-order valence-corrected chi connectivity index (χ3v) is 3.09. The number of hydrogen-bond acceptors (Lipinski definition) is 4. The first-order chi connectivity index (χ1) is 9.28. The number of hydrogen-bond donors (Lipinski definition) is 2. The smallest absolute Gasteiger partial charge is 0.119 e. The van der Waals surface area contributed by atoms with Crippen LogP contribution in [0.5, 0.6) is 5.75 Å². The Balaban J connectivity index is 1.74. The number of likely N-dealkylation sites (tertiary alicyclic amines) is 1. The summed E-state index contributed by atoms with van der Waals surface area (Å²) < 4.78 is 5.64. The van der Waals surface area contributed by atoms with Gasteiger partial charge in [0, 0.05) is 25.2 Å². The molecule has 1 heterocycles. The van der Waals surface area contributed by atoms with Crippen molar-refractivity contribution in [1.82, 2.24) is 4.90 Å². The Hall–Kier alpha value is -1.54. The van der Waals surface area contributed by atoms with Gasteiger partial charge in [0.05, 0.1) is 6.10 Å². The second kappa shape index (κ2) is 7.15. The van der Waals surface area contributed by atoms with Crippen LogP contribution in [0.1, 0.15) is 12.0 Å². The largest absolute Gasteiger partial charge is 0.492 e. The minimum atomic E-state index is -0.176. The zero-order chi connectivity index (χ0) is 13.5. The van der Waals surface area contributed by atoms with Gasteiger partial charge >= 0.3 is 0 Å². The fourth-order valence-corrected chi connectivity index (χ4v) is 2.08. The second-order valence-electron chi connectivity index (χ2n) is 4.58. The molecule has 0 bridgehead atoms. The van der Waals surface area contributed by atoms with Crippen molar-refractivity contribution >= 4 is 0 Å². The van der Waals surface area contributed by atoms with Gasteiger partial charge in [0.25, 0.3) is 0 Å². The van der Waals surface area contributed by atoms with Crippen LogP contribution < -0.4 is 4.74 Å². The molecule has 1 atom stereocenters. The number of aliphatic hydroxyl groups excluding tert-OH is 2. The van der Waals surface area contributed by atoms with Crippen molar-refractivity contribution in [3.05, 3.63) is 29.8 Å². The first-order valence-corrected chi connectivity index (χ1v) is 6.51. The van der Waals surface area contributed by atoms with Crippen LogP contribution in [-0.4, -0.2) is 54.1 Å². The number of aliphatic hydroxyl groups is 2. The van der Waals surface area contributed by atoms with Crippen LogP contribution in [0.4, 0.5) is 0 Å². The van der Waals surface area contributed by atoms with Crippen LogP contribution in [0.2, 0.25) is 0 Å². The zero-order valence-electron chi connectivity index (χ0n) is 10.9. The molecule has 4 heteroatoms. The lowest BCUT2D eigenvalue weighted by Crippen LogP contribution is -2.27. The Labute approximate surface area is 113 Å². The average Bonchev–Trinajstić information content (AvgIpc) is 2.84. The first kappa shape index (κ1) is 13.9. The van der Waals surface area contributed by atoms with E-state index in [0.29, 0.717) is 6.61 Å². The Morgan fingerprint density at radius 3 is 2.74 bits per heavy atom. The van der Waals surface area contributed by atoms with Crippen molar-refractivity contribution in [1.29, 1.82) is 0 Å². The predicted molar refractivity (Wildman–Crippen MR) is 73.0 cm³/mol. The molecule has 0 aromatic heterocycles. The van der Waals surface area contributed by atoms with Crippen molar-refractivity contribution in [2.75, 3.05) is 32.8 Å². The summed E-state index contributed by atoms with van der Waals surface area (Å²) in [5.74, 6) is 6.25. The molecule has 1 aliphatic rings. The first-order valence-electron chi connectivity index (χ1n) is 6.51.